The molecule has 0 aliphatic carbocycles. The fourth-order valence-corrected chi connectivity index (χ4v) is 1.22. The number of benzene rings is 1. The van der Waals surface area contributed by atoms with E-state index in [1.807, 2.05) is 0 Å². The van der Waals surface area contributed by atoms with Gasteiger partial charge in [0.05, 0.1) is 0 Å². The van der Waals surface area contributed by atoms with Crippen LogP contribution in [0, 0.1) is 0 Å². The Balaban J connectivity index is 2.61. The van der Waals surface area contributed by atoms with Crippen LogP contribution in [0.15, 0.2) is 28.7 Å². The number of hydrogen-bond acceptors (Lipinski definition) is 2. The second kappa shape index (κ2) is 4.61. The number of aliphatic carboxylic acids is 1. The van der Waals surface area contributed by atoms with Gasteiger partial charge in [-0.15, -0.1) is 0 Å². The van der Waals surface area contributed by atoms with E-state index in [2.05, 4.69) is 15.9 Å². The Labute approximate surface area is 95.0 Å². The summed E-state index contributed by atoms with van der Waals surface area (Å²) < 4.78 is 19.1. The van der Waals surface area contributed by atoms with Gasteiger partial charge in [0, 0.05) is 4.47 Å². The van der Waals surface area contributed by atoms with Crippen LogP contribution in [-0.2, 0) is 4.79 Å². The molecule has 3 nitrogen and oxygen atoms in total. The lowest BCUT2D eigenvalue weighted by Gasteiger charge is -2.15. The van der Waals surface area contributed by atoms with E-state index < -0.39 is 18.2 Å². The van der Waals surface area contributed by atoms with Crippen LogP contribution < -0.4 is 4.74 Å². The fraction of sp³-hybridized carbons (Fsp3) is 0.300. The number of ether oxygens (including phenoxy) is 1. The summed E-state index contributed by atoms with van der Waals surface area (Å²) in [6, 6.07) is 6.77. The number of carbonyl (C=O) groups is 1. The third-order valence-electron chi connectivity index (χ3n) is 1.75. The van der Waals surface area contributed by atoms with E-state index in [0.717, 1.165) is 11.4 Å². The monoisotopic (exact) mass is 276 g/mol. The van der Waals surface area contributed by atoms with Crippen LogP contribution in [0.3, 0.4) is 0 Å². The lowest BCUT2D eigenvalue weighted by atomic mass is 10.1. The summed E-state index contributed by atoms with van der Waals surface area (Å²) in [7, 11) is 0. The summed E-state index contributed by atoms with van der Waals surface area (Å²) >= 11 is 3.22. The van der Waals surface area contributed by atoms with Gasteiger partial charge in [-0.3, -0.25) is 0 Å². The van der Waals surface area contributed by atoms with Gasteiger partial charge in [-0.25, -0.2) is 9.18 Å². The van der Waals surface area contributed by atoms with Crippen molar-refractivity contribution in [3.05, 3.63) is 28.7 Å². The molecule has 1 aromatic carbocycles. The zero-order valence-corrected chi connectivity index (χ0v) is 9.62. The Bertz CT molecular complexity index is 365. The van der Waals surface area contributed by atoms with Gasteiger partial charge in [0.25, 0.3) is 0 Å². The Morgan fingerprint density at radius 1 is 1.67 bits per heavy atom. The molecule has 0 radical (unpaired) electrons. The van der Waals surface area contributed by atoms with Crippen molar-refractivity contribution in [2.75, 3.05) is 6.61 Å². The zero-order valence-electron chi connectivity index (χ0n) is 8.04. The molecule has 0 heterocycles. The van der Waals surface area contributed by atoms with Crippen LogP contribution in [0.25, 0.3) is 0 Å². The minimum absolute atomic E-state index is 0.425. The van der Waals surface area contributed by atoms with E-state index in [0.29, 0.717) is 5.75 Å². The van der Waals surface area contributed by atoms with Crippen LogP contribution in [0.1, 0.15) is 6.92 Å². The van der Waals surface area contributed by atoms with Gasteiger partial charge in [-0.1, -0.05) is 22.0 Å². The highest BCUT2D eigenvalue weighted by Crippen LogP contribution is 2.20. The Morgan fingerprint density at radius 2 is 2.33 bits per heavy atom. The molecular weight excluding hydrogens is 267 g/mol. The van der Waals surface area contributed by atoms with Crippen LogP contribution in [0.2, 0.25) is 0 Å². The first-order chi connectivity index (χ1) is 6.92. The number of carboxylic acids is 1. The predicted octanol–water partition coefficient (Wildman–Crippen LogP) is 2.64. The zero-order chi connectivity index (χ0) is 11.5. The molecule has 0 saturated carbocycles. The van der Waals surface area contributed by atoms with Crippen LogP contribution >= 0.6 is 15.9 Å². The molecule has 0 aliphatic heterocycles. The minimum atomic E-state index is -2.37. The average Bonchev–Trinajstić information content (AvgIpc) is 2.15. The molecular formula is C10H10BrFO3. The third-order valence-corrected chi connectivity index (χ3v) is 2.25. The van der Waals surface area contributed by atoms with Crippen molar-refractivity contribution in [2.24, 2.45) is 0 Å². The van der Waals surface area contributed by atoms with Gasteiger partial charge in [0.1, 0.15) is 12.4 Å². The molecule has 0 aromatic heterocycles. The van der Waals surface area contributed by atoms with Gasteiger partial charge in [0.2, 0.25) is 5.67 Å². The molecule has 0 amide bonds. The Hall–Kier alpha value is -1.10. The second-order valence-corrected chi connectivity index (χ2v) is 4.16. The van der Waals surface area contributed by atoms with Crippen molar-refractivity contribution in [3.63, 3.8) is 0 Å². The normalized spacial score (nSPS) is 14.3. The number of hydrogen-bond donors (Lipinski definition) is 1. The quantitative estimate of drug-likeness (QED) is 0.920. The molecule has 0 bridgehead atoms. The van der Waals surface area contributed by atoms with E-state index in [9.17, 15) is 9.18 Å². The Morgan fingerprint density at radius 3 is 2.87 bits per heavy atom. The van der Waals surface area contributed by atoms with Crippen molar-refractivity contribution in [1.82, 2.24) is 0 Å². The highest BCUT2D eigenvalue weighted by molar-refractivity contribution is 9.10. The second-order valence-electron chi connectivity index (χ2n) is 3.25. The molecule has 1 rings (SSSR count). The first-order valence-electron chi connectivity index (χ1n) is 4.22. The molecule has 1 N–H and O–H groups in total. The molecule has 5 heteroatoms. The summed E-state index contributed by atoms with van der Waals surface area (Å²) in [5, 5.41) is 8.51. The lowest BCUT2D eigenvalue weighted by Crippen LogP contribution is -2.36. The fourth-order valence-electron chi connectivity index (χ4n) is 0.837. The van der Waals surface area contributed by atoms with Crippen LogP contribution in [0.5, 0.6) is 5.75 Å². The lowest BCUT2D eigenvalue weighted by molar-refractivity contribution is -0.151. The highest BCUT2D eigenvalue weighted by atomic mass is 79.9. The standard InChI is InChI=1S/C10H10BrFO3/c1-10(12,9(13)14)6-15-8-4-2-3-7(11)5-8/h2-5H,6H2,1H3,(H,13,14). The van der Waals surface area contributed by atoms with Crippen molar-refractivity contribution in [3.8, 4) is 5.75 Å². The van der Waals surface area contributed by atoms with Crippen molar-refractivity contribution < 1.29 is 19.0 Å². The van der Waals surface area contributed by atoms with Gasteiger partial charge in [-0.05, 0) is 25.1 Å². The first-order valence-corrected chi connectivity index (χ1v) is 5.02. The molecule has 0 aliphatic rings. The maximum Gasteiger partial charge on any atom is 0.344 e. The van der Waals surface area contributed by atoms with Crippen LogP contribution in [-0.4, -0.2) is 23.4 Å². The van der Waals surface area contributed by atoms with E-state index in [4.69, 9.17) is 9.84 Å². The summed E-state index contributed by atoms with van der Waals surface area (Å²) in [6.07, 6.45) is 0. The third kappa shape index (κ3) is 3.51. The van der Waals surface area contributed by atoms with Gasteiger partial charge >= 0.3 is 5.97 Å². The SMILES string of the molecule is CC(F)(COc1cccc(Br)c1)C(=O)O. The summed E-state index contributed by atoms with van der Waals surface area (Å²) in [6.45, 7) is 0.451. The number of halogens is 2. The van der Waals surface area contributed by atoms with E-state index in [-0.39, 0.29) is 0 Å². The summed E-state index contributed by atoms with van der Waals surface area (Å²) in [5.74, 6) is -1.10. The average molecular weight is 277 g/mol. The van der Waals surface area contributed by atoms with Gasteiger partial charge < -0.3 is 9.84 Å². The maximum atomic E-state index is 13.3. The van der Waals surface area contributed by atoms with E-state index in [1.165, 1.54) is 0 Å². The first kappa shape index (κ1) is 12.0. The summed E-state index contributed by atoms with van der Waals surface area (Å²) in [5.41, 5.74) is -2.37. The smallest absolute Gasteiger partial charge is 0.344 e. The van der Waals surface area contributed by atoms with E-state index in [1.54, 1.807) is 24.3 Å². The largest absolute Gasteiger partial charge is 0.490 e. The number of alkyl halides is 1. The van der Waals surface area contributed by atoms with Crippen LogP contribution in [0.4, 0.5) is 4.39 Å². The number of carboxylic acid groups (broad SMARTS) is 1. The van der Waals surface area contributed by atoms with Gasteiger partial charge in [0.15, 0.2) is 0 Å². The molecule has 1 unspecified atom stereocenters. The predicted molar refractivity (Wildman–Crippen MR) is 56.8 cm³/mol. The summed E-state index contributed by atoms with van der Waals surface area (Å²) in [4.78, 5) is 10.4. The topological polar surface area (TPSA) is 46.5 Å². The van der Waals surface area contributed by atoms with Crippen molar-refractivity contribution in [1.29, 1.82) is 0 Å². The minimum Gasteiger partial charge on any atom is -0.490 e. The van der Waals surface area contributed by atoms with E-state index >= 15 is 0 Å². The highest BCUT2D eigenvalue weighted by Gasteiger charge is 2.33. The Kier molecular flexibility index (Phi) is 3.68. The van der Waals surface area contributed by atoms with Gasteiger partial charge in [-0.2, -0.15) is 0 Å². The molecule has 0 saturated heterocycles. The molecule has 0 spiro atoms. The molecule has 1 aromatic rings. The molecule has 82 valence electrons. The number of rotatable bonds is 4. The maximum absolute atomic E-state index is 13.3. The van der Waals surface area contributed by atoms with Crippen molar-refractivity contribution >= 4 is 21.9 Å². The van der Waals surface area contributed by atoms with Crippen molar-refractivity contribution in [2.45, 2.75) is 12.6 Å². The molecule has 0 fully saturated rings. The molecule has 15 heavy (non-hydrogen) atoms. The molecule has 1 atom stereocenters.